The molecule has 118 valence electrons. The van der Waals surface area contributed by atoms with Crippen LogP contribution < -0.4 is 4.72 Å². The van der Waals surface area contributed by atoms with Crippen LogP contribution in [0.25, 0.3) is 0 Å². The fraction of sp³-hybridized carbons (Fsp3) is 0.250. The summed E-state index contributed by atoms with van der Waals surface area (Å²) >= 11 is 7.41. The molecule has 0 saturated heterocycles. The van der Waals surface area contributed by atoms with Gasteiger partial charge in [-0.2, -0.15) is 0 Å². The summed E-state index contributed by atoms with van der Waals surface area (Å²) in [5, 5.41) is 0.707. The summed E-state index contributed by atoms with van der Waals surface area (Å²) in [5.74, 6) is 0. The van der Waals surface area contributed by atoms with Crippen molar-refractivity contribution in [1.82, 2.24) is 4.72 Å². The average Bonchev–Trinajstić information content (AvgIpc) is 2.53. The number of rotatable bonds is 7. The molecule has 1 N–H and O–H groups in total. The van der Waals surface area contributed by atoms with Crippen LogP contribution in [0.2, 0.25) is 5.02 Å². The maximum Gasteiger partial charge on any atom is 0.240 e. The number of aryl methyl sites for hydroxylation is 1. The van der Waals surface area contributed by atoms with E-state index in [1.807, 2.05) is 42.7 Å². The maximum absolute atomic E-state index is 12.2. The third kappa shape index (κ3) is 5.02. The second-order valence-corrected chi connectivity index (χ2v) is 7.89. The zero-order valence-electron chi connectivity index (χ0n) is 12.3. The molecule has 22 heavy (non-hydrogen) atoms. The first kappa shape index (κ1) is 17.3. The minimum absolute atomic E-state index is 0.303. The molecule has 0 heterocycles. The predicted molar refractivity (Wildman–Crippen MR) is 93.2 cm³/mol. The molecule has 0 bridgehead atoms. The van der Waals surface area contributed by atoms with Crippen LogP contribution in [0.15, 0.2) is 58.3 Å². The molecule has 2 aromatic rings. The number of sulfonamides is 1. The van der Waals surface area contributed by atoms with E-state index in [4.69, 9.17) is 11.6 Å². The first-order valence-corrected chi connectivity index (χ1v) is 9.98. The Bertz CT molecular complexity index is 698. The maximum atomic E-state index is 12.2. The van der Waals surface area contributed by atoms with Crippen molar-refractivity contribution in [2.45, 2.75) is 22.6 Å². The first-order valence-electron chi connectivity index (χ1n) is 6.89. The lowest BCUT2D eigenvalue weighted by Gasteiger charge is -2.07. The van der Waals surface area contributed by atoms with E-state index < -0.39 is 10.0 Å². The second-order valence-electron chi connectivity index (χ2n) is 4.80. The molecule has 0 aliphatic carbocycles. The number of thioether (sulfide) groups is 1. The molecule has 0 aliphatic heterocycles. The molecular weight excluding hydrogens is 338 g/mol. The van der Waals surface area contributed by atoms with Gasteiger partial charge in [0, 0.05) is 16.5 Å². The molecule has 0 aliphatic rings. The molecule has 2 aromatic carbocycles. The van der Waals surface area contributed by atoms with Crippen LogP contribution in [0.3, 0.4) is 0 Å². The van der Waals surface area contributed by atoms with Gasteiger partial charge in [-0.05, 0) is 61.1 Å². The van der Waals surface area contributed by atoms with E-state index >= 15 is 0 Å². The number of hydrogen-bond acceptors (Lipinski definition) is 3. The zero-order chi connectivity index (χ0) is 16.0. The molecule has 0 fully saturated rings. The van der Waals surface area contributed by atoms with Gasteiger partial charge in [0.05, 0.1) is 4.90 Å². The van der Waals surface area contributed by atoms with Gasteiger partial charge in [-0.1, -0.05) is 23.7 Å². The Hall–Kier alpha value is -1.01. The van der Waals surface area contributed by atoms with E-state index in [1.54, 1.807) is 23.9 Å². The quantitative estimate of drug-likeness (QED) is 0.603. The van der Waals surface area contributed by atoms with Crippen molar-refractivity contribution in [2.24, 2.45) is 0 Å². The van der Waals surface area contributed by atoms with Gasteiger partial charge in [-0.25, -0.2) is 13.1 Å². The monoisotopic (exact) mass is 355 g/mol. The molecule has 6 heteroatoms. The third-order valence-corrected chi connectivity index (χ3v) is 5.69. The van der Waals surface area contributed by atoms with Crippen molar-refractivity contribution in [3.05, 3.63) is 59.1 Å². The summed E-state index contributed by atoms with van der Waals surface area (Å²) < 4.78 is 26.9. The molecule has 2 rings (SSSR count). The van der Waals surface area contributed by atoms with Crippen molar-refractivity contribution in [1.29, 1.82) is 0 Å². The largest absolute Gasteiger partial charge is 0.240 e. The molecule has 0 amide bonds. The Kier molecular flexibility index (Phi) is 6.32. The number of nitrogens with one attached hydrogen (secondary N) is 1. The van der Waals surface area contributed by atoms with E-state index in [1.165, 1.54) is 0 Å². The van der Waals surface area contributed by atoms with Gasteiger partial charge in [-0.3, -0.25) is 0 Å². The molecule has 0 aromatic heterocycles. The Labute approximate surface area is 141 Å². The number of benzene rings is 2. The van der Waals surface area contributed by atoms with Crippen molar-refractivity contribution in [3.8, 4) is 0 Å². The van der Waals surface area contributed by atoms with Gasteiger partial charge in [0.25, 0.3) is 0 Å². The highest BCUT2D eigenvalue weighted by Gasteiger charge is 2.12. The smallest absolute Gasteiger partial charge is 0.211 e. The molecule has 0 unspecified atom stereocenters. The normalized spacial score (nSPS) is 11.5. The molecular formula is C16H18ClNO2S2. The van der Waals surface area contributed by atoms with Gasteiger partial charge in [0.2, 0.25) is 10.0 Å². The van der Waals surface area contributed by atoms with Crippen molar-refractivity contribution in [2.75, 3.05) is 12.8 Å². The second kappa shape index (κ2) is 8.02. The van der Waals surface area contributed by atoms with E-state index in [2.05, 4.69) is 4.72 Å². The van der Waals surface area contributed by atoms with E-state index in [0.717, 1.165) is 23.3 Å². The molecule has 3 nitrogen and oxygen atoms in total. The fourth-order valence-corrected chi connectivity index (χ4v) is 3.60. The predicted octanol–water partition coefficient (Wildman–Crippen LogP) is 3.97. The van der Waals surface area contributed by atoms with Gasteiger partial charge in [-0.15, -0.1) is 11.8 Å². The summed E-state index contributed by atoms with van der Waals surface area (Å²) in [6.07, 6.45) is 3.51. The molecule has 0 radical (unpaired) electrons. The van der Waals surface area contributed by atoms with Crippen LogP contribution in [-0.4, -0.2) is 21.2 Å². The highest BCUT2D eigenvalue weighted by Crippen LogP contribution is 2.17. The third-order valence-electron chi connectivity index (χ3n) is 3.22. The lowest BCUT2D eigenvalue weighted by molar-refractivity contribution is 0.579. The average molecular weight is 356 g/mol. The highest BCUT2D eigenvalue weighted by atomic mass is 35.5. The van der Waals surface area contributed by atoms with Crippen LogP contribution in [-0.2, 0) is 16.4 Å². The lowest BCUT2D eigenvalue weighted by Crippen LogP contribution is -2.25. The van der Waals surface area contributed by atoms with Crippen molar-refractivity contribution in [3.63, 3.8) is 0 Å². The number of halogens is 1. The summed E-state index contributed by atoms with van der Waals surface area (Å²) in [5.41, 5.74) is 1.15. The molecule has 0 saturated carbocycles. The lowest BCUT2D eigenvalue weighted by atomic mass is 10.1. The molecule has 0 spiro atoms. The van der Waals surface area contributed by atoms with Crippen molar-refractivity contribution >= 4 is 33.4 Å². The highest BCUT2D eigenvalue weighted by molar-refractivity contribution is 7.98. The van der Waals surface area contributed by atoms with Gasteiger partial charge < -0.3 is 0 Å². The van der Waals surface area contributed by atoms with Crippen LogP contribution in [0.4, 0.5) is 0 Å². The van der Waals surface area contributed by atoms with Crippen LogP contribution in [0, 0.1) is 0 Å². The summed E-state index contributed by atoms with van der Waals surface area (Å²) in [6, 6.07) is 14.5. The minimum Gasteiger partial charge on any atom is -0.211 e. The van der Waals surface area contributed by atoms with Crippen LogP contribution in [0.1, 0.15) is 12.0 Å². The Morgan fingerprint density at radius 1 is 1.05 bits per heavy atom. The van der Waals surface area contributed by atoms with Crippen molar-refractivity contribution < 1.29 is 8.42 Å². The van der Waals surface area contributed by atoms with Gasteiger partial charge in [0.15, 0.2) is 0 Å². The minimum atomic E-state index is -3.43. The van der Waals surface area contributed by atoms with E-state index in [9.17, 15) is 8.42 Å². The van der Waals surface area contributed by atoms with Crippen LogP contribution >= 0.6 is 23.4 Å². The topological polar surface area (TPSA) is 46.2 Å². The Balaban J connectivity index is 1.85. The van der Waals surface area contributed by atoms with E-state index in [-0.39, 0.29) is 0 Å². The Morgan fingerprint density at radius 3 is 2.27 bits per heavy atom. The fourth-order valence-electron chi connectivity index (χ4n) is 1.99. The molecule has 0 atom stereocenters. The summed E-state index contributed by atoms with van der Waals surface area (Å²) in [7, 11) is -3.43. The first-order chi connectivity index (χ1) is 10.5. The standard InChI is InChI=1S/C16H18ClNO2S2/c1-21-15-8-10-16(11-9-15)22(19,20)18-12-2-3-13-4-6-14(17)7-5-13/h4-11,18H,2-3,12H2,1H3. The Morgan fingerprint density at radius 2 is 1.68 bits per heavy atom. The SMILES string of the molecule is CSc1ccc(S(=O)(=O)NCCCc2ccc(Cl)cc2)cc1. The van der Waals surface area contributed by atoms with Gasteiger partial charge >= 0.3 is 0 Å². The van der Waals surface area contributed by atoms with Crippen LogP contribution in [0.5, 0.6) is 0 Å². The zero-order valence-corrected chi connectivity index (χ0v) is 14.6. The number of hydrogen-bond donors (Lipinski definition) is 1. The van der Waals surface area contributed by atoms with E-state index in [0.29, 0.717) is 16.5 Å². The summed E-state index contributed by atoms with van der Waals surface area (Å²) in [6.45, 7) is 0.412. The summed E-state index contributed by atoms with van der Waals surface area (Å²) in [4.78, 5) is 1.35. The van der Waals surface area contributed by atoms with Gasteiger partial charge in [0.1, 0.15) is 0 Å².